The van der Waals surface area contributed by atoms with Gasteiger partial charge in [0, 0.05) is 132 Å². The zero-order chi connectivity index (χ0) is 88.3. The third-order valence-electron chi connectivity index (χ3n) is 24.5. The van der Waals surface area contributed by atoms with E-state index in [0.717, 1.165) is 36.8 Å². The Kier molecular flexibility index (Phi) is 32.9. The summed E-state index contributed by atoms with van der Waals surface area (Å²) in [5.74, 6) is -8.53. The lowest BCUT2D eigenvalue weighted by Gasteiger charge is -2.42. The van der Waals surface area contributed by atoms with Crippen LogP contribution >= 0.6 is 37.2 Å². The molecule has 16 N–H and O–H groups in total. The van der Waals surface area contributed by atoms with Gasteiger partial charge in [-0.3, -0.25) is 38.4 Å². The van der Waals surface area contributed by atoms with Gasteiger partial charge in [-0.2, -0.15) is 0 Å². The van der Waals surface area contributed by atoms with Crippen molar-refractivity contribution < 1.29 is 119 Å². The number of hydrogen-bond acceptors (Lipinski definition) is 22. The molecule has 26 nitrogen and oxygen atoms in total. The summed E-state index contributed by atoms with van der Waals surface area (Å²) < 4.78 is 24.5. The summed E-state index contributed by atoms with van der Waals surface area (Å²) in [5, 5.41) is 117. The van der Waals surface area contributed by atoms with E-state index in [1.165, 1.54) is 59.4 Å². The van der Waals surface area contributed by atoms with Crippen LogP contribution in [0.1, 0.15) is 257 Å². The Hall–Kier alpha value is -8.58. The molecular formula is C94H114I2N2O24. The second-order valence-electron chi connectivity index (χ2n) is 34.3. The molecule has 4 aromatic rings. The van der Waals surface area contributed by atoms with Gasteiger partial charge in [0.2, 0.25) is 11.8 Å². The van der Waals surface area contributed by atoms with Crippen molar-refractivity contribution in [2.45, 2.75) is 246 Å². The third kappa shape index (κ3) is 20.8. The summed E-state index contributed by atoms with van der Waals surface area (Å²) in [4.78, 5) is 108. The van der Waals surface area contributed by atoms with E-state index in [1.54, 1.807) is 78.0 Å². The van der Waals surface area contributed by atoms with Gasteiger partial charge in [-0.25, -0.2) is 0 Å². The van der Waals surface area contributed by atoms with Gasteiger partial charge >= 0.3 is 0 Å². The van der Waals surface area contributed by atoms with Gasteiger partial charge in [-0.1, -0.05) is 147 Å². The molecule has 0 radical (unpaired) electrons. The predicted octanol–water partition coefficient (Wildman–Crippen LogP) is 12.1. The first-order valence-corrected chi connectivity index (χ1v) is 46.7. The van der Waals surface area contributed by atoms with Crippen LogP contribution in [0.4, 0.5) is 0 Å². The number of hydrogen-bond donors (Lipinski definition) is 12. The topological polar surface area (TPSA) is 463 Å². The maximum absolute atomic E-state index is 13.9. The number of allylic oxidation sites excluding steroid dienone is 18. The molecular weight excluding hydrogens is 1790 g/mol. The number of amides is 2. The van der Waals surface area contributed by atoms with Crippen molar-refractivity contribution in [3.05, 3.63) is 232 Å². The van der Waals surface area contributed by atoms with Crippen molar-refractivity contribution in [1.29, 1.82) is 0 Å². The van der Waals surface area contributed by atoms with Gasteiger partial charge in [0.25, 0.3) is 0 Å². The molecule has 0 saturated carbocycles. The van der Waals surface area contributed by atoms with Gasteiger partial charge in [-0.15, -0.1) is 0 Å². The molecule has 2 fully saturated rings. The summed E-state index contributed by atoms with van der Waals surface area (Å²) in [6.07, 6.45) is 17.8. The minimum absolute atomic E-state index is 0. The van der Waals surface area contributed by atoms with Crippen LogP contribution in [0.25, 0.3) is 0 Å². The van der Waals surface area contributed by atoms with E-state index in [4.69, 9.17) is 18.9 Å². The van der Waals surface area contributed by atoms with Crippen molar-refractivity contribution in [1.82, 2.24) is 10.6 Å². The van der Waals surface area contributed by atoms with E-state index in [0.29, 0.717) is 22.3 Å². The van der Waals surface area contributed by atoms with E-state index in [-0.39, 0.29) is 79.1 Å². The number of Topliss-reactive ketones (excluding diaryl/α,β-unsaturated/α-hetero) is 2. The van der Waals surface area contributed by atoms with Crippen LogP contribution in [0.2, 0.25) is 0 Å². The van der Waals surface area contributed by atoms with Crippen LogP contribution in [-0.2, 0) is 51.0 Å². The van der Waals surface area contributed by atoms with Crippen LogP contribution in [0.15, 0.2) is 154 Å². The van der Waals surface area contributed by atoms with Crippen LogP contribution in [0, 0.1) is 24.7 Å². The van der Waals surface area contributed by atoms with Crippen molar-refractivity contribution in [2.24, 2.45) is 10.8 Å². The first-order valence-electron chi connectivity index (χ1n) is 40.4. The van der Waals surface area contributed by atoms with Crippen LogP contribution in [-0.4, -0.2) is 182 Å². The first kappa shape index (κ1) is 98.9. The van der Waals surface area contributed by atoms with Crippen molar-refractivity contribution in [3.8, 4) is 23.0 Å². The fourth-order valence-electron chi connectivity index (χ4n) is 18.0. The number of aromatic hydroxyl groups is 4. The molecule has 6 aliphatic carbocycles. The van der Waals surface area contributed by atoms with Crippen LogP contribution in [0.3, 0.4) is 0 Å². The molecule has 2 heterocycles. The number of carbonyl (C=O) groups excluding carboxylic acids is 8. The Balaban J connectivity index is 0.000000292. The number of carbonyl (C=O) groups is 8. The fraction of sp³-hybridized carbons (Fsp3) is 0.447. The predicted molar refractivity (Wildman–Crippen MR) is 475 cm³/mol. The van der Waals surface area contributed by atoms with Gasteiger partial charge < -0.3 is 91.6 Å². The zero-order valence-electron chi connectivity index (χ0n) is 71.2. The number of nitrogens with one attached hydrogen (secondary N) is 2. The molecule has 0 bridgehead atoms. The number of phenolic OH excluding ortho intramolecular Hbond substituents is 4. The Bertz CT molecular complexity index is 4810. The highest BCUT2D eigenvalue weighted by atomic mass is 128. The molecule has 2 aliphatic heterocycles. The van der Waals surface area contributed by atoms with Crippen LogP contribution in [0.5, 0.6) is 23.0 Å². The Labute approximate surface area is 734 Å². The molecule has 658 valence electrons. The van der Waals surface area contributed by atoms with E-state index >= 15 is 0 Å². The average Bonchev–Trinajstić information content (AvgIpc) is 0.714. The number of ether oxygens (including phenoxy) is 4. The van der Waals surface area contributed by atoms with Crippen molar-refractivity contribution >= 4 is 83.7 Å². The normalized spacial score (nSPS) is 26.3. The zero-order valence-corrected chi connectivity index (χ0v) is 75.5. The number of aliphatic hydroxyl groups is 6. The number of halogens is 2. The van der Waals surface area contributed by atoms with E-state index < -0.39 is 203 Å². The summed E-state index contributed by atoms with van der Waals surface area (Å²) in [6.45, 7) is 25.4. The van der Waals surface area contributed by atoms with E-state index in [1.807, 2.05) is 38.2 Å². The second-order valence-corrected chi connectivity index (χ2v) is 34.3. The lowest BCUT2D eigenvalue weighted by atomic mass is 9.71. The summed E-state index contributed by atoms with van der Waals surface area (Å²) >= 11 is 4.24. The number of ketones is 6. The Morgan fingerprint density at radius 1 is 0.516 bits per heavy atom. The number of phenols is 4. The average molecular weight is 1910 g/mol. The molecule has 0 spiro atoms. The van der Waals surface area contributed by atoms with E-state index in [2.05, 4.69) is 114 Å². The molecule has 0 aromatic heterocycles. The number of rotatable bonds is 20. The first-order chi connectivity index (χ1) is 56.5. The molecule has 12 unspecified atom stereocenters. The van der Waals surface area contributed by atoms with Gasteiger partial charge in [0.05, 0.1) is 58.8 Å². The SMILES string of the molecule is CC1=C(/C=C/C(C)=C/C=C/C(C)=C/C(=O)NC2CC(OC3CC(O)(C(=O)CO)Cc4c(O)c5c(c(O)c43)C(=O)c3c(C)cccc3C5=O)OC(C)C2O)C(C)(C)CCC1.CC1=C(/C=C/C(C)=C/C=C/C(C)=C\C(=O)NC2CC(OC3CC(O)(C(=O)CO)Cc4c(O)c5c(c(O)c43)C(=O)c3c(C)cccc3C5=O)OC(C)C2O)C(C)(C)CCC1.II.O.O. The Morgan fingerprint density at radius 2 is 0.861 bits per heavy atom. The standard InChI is InChI=1S/2C47H55NO11.I2.2H2O/c2*1-24(16-17-31-26(3)14-10-18-46(31,6)7)11-8-12-25(2)19-35(51)48-32-20-36(58-28(5)41(32)52)59-33-22-47(57,34(50)23-49)21-30-38(33)45(56)40-39(43(30)54)42(53)29-15-9-13-27(4)37(29)44(40)55;1-2;;/h2*8-9,11-13,15-17,19,28,32-33,36,41,49,52,54,56-57H,10,14,18,20-23H2,1-7H3,(H,48,51);;2*1H2/b12-8+,17-16+,24-11+,25-19+;12-8+,17-16+,24-11+,25-19-;;;. The van der Waals surface area contributed by atoms with Crippen molar-refractivity contribution in [2.75, 3.05) is 13.2 Å². The molecule has 2 saturated heterocycles. The monoisotopic (exact) mass is 1910 g/mol. The highest BCUT2D eigenvalue weighted by Gasteiger charge is 2.53. The molecule has 8 aliphatic rings. The van der Waals surface area contributed by atoms with Gasteiger partial charge in [0.15, 0.2) is 47.3 Å². The summed E-state index contributed by atoms with van der Waals surface area (Å²) in [7, 11) is 0. The second kappa shape index (κ2) is 40.6. The lowest BCUT2D eigenvalue weighted by molar-refractivity contribution is -0.249. The third-order valence-corrected chi connectivity index (χ3v) is 24.5. The molecule has 12 atom stereocenters. The van der Waals surface area contributed by atoms with Gasteiger partial charge in [-0.05, 0) is 152 Å². The molecule has 28 heteroatoms. The maximum atomic E-state index is 13.9. The number of benzene rings is 4. The lowest BCUT2D eigenvalue weighted by Crippen LogP contribution is -2.55. The quantitative estimate of drug-likeness (QED) is 0.0146. The number of aliphatic hydroxyl groups excluding tert-OH is 4. The fourth-order valence-corrected chi connectivity index (χ4v) is 18.0. The van der Waals surface area contributed by atoms with Crippen molar-refractivity contribution in [3.63, 3.8) is 0 Å². The smallest absolute Gasteiger partial charge is 0.244 e. The summed E-state index contributed by atoms with van der Waals surface area (Å²) in [6, 6.07) is 7.57. The van der Waals surface area contributed by atoms with E-state index in [9.17, 15) is 89.4 Å². The minimum Gasteiger partial charge on any atom is -0.507 e. The maximum Gasteiger partial charge on any atom is 0.244 e. The largest absolute Gasteiger partial charge is 0.507 e. The van der Waals surface area contributed by atoms with Crippen LogP contribution < -0.4 is 10.6 Å². The number of fused-ring (bicyclic) bond motifs is 6. The highest BCUT2D eigenvalue weighted by molar-refractivity contribution is 15.0. The van der Waals surface area contributed by atoms with Gasteiger partial charge in [0.1, 0.15) is 59.6 Å². The summed E-state index contributed by atoms with van der Waals surface area (Å²) in [5.41, 5.74) is 3.35. The molecule has 4 aromatic carbocycles. The molecule has 12 rings (SSSR count). The highest BCUT2D eigenvalue weighted by Crippen LogP contribution is 2.55. The molecule has 2 amide bonds. The molecule has 122 heavy (non-hydrogen) atoms. The number of aryl methyl sites for hydroxylation is 2. The minimum atomic E-state index is -2.31. The Morgan fingerprint density at radius 3 is 1.20 bits per heavy atom.